The fraction of sp³-hybridized carbons (Fsp3) is 0.333. The summed E-state index contributed by atoms with van der Waals surface area (Å²) in [7, 11) is 1.34. The number of methoxy groups -OCH3 is 1. The van der Waals surface area contributed by atoms with E-state index in [1.807, 2.05) is 0 Å². The van der Waals surface area contributed by atoms with Crippen LogP contribution < -0.4 is 5.32 Å². The molecule has 1 rings (SSSR count). The minimum Gasteiger partial charge on any atom is -0.480 e. The maximum Gasteiger partial charge on any atom is 0.328 e. The molecule has 0 saturated heterocycles. The van der Waals surface area contributed by atoms with Gasteiger partial charge in [-0.15, -0.1) is 0 Å². The molecule has 0 bridgehead atoms. The van der Waals surface area contributed by atoms with Gasteiger partial charge in [0.05, 0.1) is 19.0 Å². The quantitative estimate of drug-likeness (QED) is 0.769. The van der Waals surface area contributed by atoms with Crippen LogP contribution in [0.3, 0.4) is 0 Å². The van der Waals surface area contributed by atoms with E-state index in [-0.39, 0.29) is 17.5 Å². The molecule has 0 aliphatic heterocycles. The zero-order chi connectivity index (χ0) is 12.8. The summed E-state index contributed by atoms with van der Waals surface area (Å²) in [4.78, 5) is 29.7. The summed E-state index contributed by atoms with van der Waals surface area (Å²) in [5, 5.41) is 11.2. The summed E-state index contributed by atoms with van der Waals surface area (Å²) in [5.41, 5.74) is -0.0169. The van der Waals surface area contributed by atoms with Gasteiger partial charge in [0.25, 0.3) is 5.91 Å². The van der Waals surface area contributed by atoms with Crippen LogP contribution in [0, 0.1) is 0 Å². The Kier molecular flexibility index (Phi) is 4.80. The third-order valence-corrected chi connectivity index (χ3v) is 1.98. The molecular weight excluding hydrogens is 250 g/mol. The lowest BCUT2D eigenvalue weighted by Gasteiger charge is -2.12. The number of carbonyl (C=O) groups is 2. The highest BCUT2D eigenvalue weighted by molar-refractivity contribution is 6.29. The maximum absolute atomic E-state index is 11.6. The first kappa shape index (κ1) is 13.3. The monoisotopic (exact) mass is 259 g/mol. The van der Waals surface area contributed by atoms with E-state index in [1.165, 1.54) is 13.3 Å². The fourth-order valence-corrected chi connectivity index (χ4v) is 1.10. The smallest absolute Gasteiger partial charge is 0.328 e. The minimum absolute atomic E-state index is 0.0169. The lowest BCUT2D eigenvalue weighted by Crippen LogP contribution is -2.44. The Hall–Kier alpha value is -1.73. The number of carboxylic acid groups (broad SMARTS) is 1. The number of ether oxygens (including phenoxy) is 1. The van der Waals surface area contributed by atoms with Gasteiger partial charge < -0.3 is 15.2 Å². The first-order valence-electron chi connectivity index (χ1n) is 4.54. The molecule has 1 heterocycles. The molecule has 1 aromatic rings. The van der Waals surface area contributed by atoms with Gasteiger partial charge in [0, 0.05) is 7.11 Å². The summed E-state index contributed by atoms with van der Waals surface area (Å²) in [5.74, 6) is -1.85. The Morgan fingerprint density at radius 2 is 2.24 bits per heavy atom. The summed E-state index contributed by atoms with van der Waals surface area (Å²) in [6.07, 6.45) is 2.35. The van der Waals surface area contributed by atoms with Crippen LogP contribution in [0.5, 0.6) is 0 Å². The molecule has 0 saturated carbocycles. The van der Waals surface area contributed by atoms with Gasteiger partial charge >= 0.3 is 5.97 Å². The van der Waals surface area contributed by atoms with Crippen LogP contribution in [-0.2, 0) is 9.53 Å². The van der Waals surface area contributed by atoms with E-state index in [4.69, 9.17) is 16.7 Å². The molecule has 1 aromatic heterocycles. The molecule has 92 valence electrons. The van der Waals surface area contributed by atoms with E-state index >= 15 is 0 Å². The van der Waals surface area contributed by atoms with Crippen LogP contribution in [0.15, 0.2) is 12.4 Å². The predicted molar refractivity (Wildman–Crippen MR) is 57.8 cm³/mol. The van der Waals surface area contributed by atoms with Gasteiger partial charge in [-0.3, -0.25) is 4.79 Å². The van der Waals surface area contributed by atoms with Crippen molar-refractivity contribution in [3.8, 4) is 0 Å². The molecule has 7 nitrogen and oxygen atoms in total. The van der Waals surface area contributed by atoms with Crippen molar-refractivity contribution in [3.63, 3.8) is 0 Å². The number of nitrogens with zero attached hydrogens (tertiary/aromatic N) is 2. The number of aliphatic carboxylic acids is 1. The van der Waals surface area contributed by atoms with E-state index in [9.17, 15) is 9.59 Å². The third kappa shape index (κ3) is 3.97. The van der Waals surface area contributed by atoms with Crippen molar-refractivity contribution in [2.45, 2.75) is 6.04 Å². The van der Waals surface area contributed by atoms with Gasteiger partial charge in [-0.25, -0.2) is 14.8 Å². The number of nitrogens with one attached hydrogen (secondary N) is 1. The van der Waals surface area contributed by atoms with Crippen molar-refractivity contribution in [2.75, 3.05) is 13.7 Å². The molecule has 0 radical (unpaired) electrons. The van der Waals surface area contributed by atoms with E-state index in [1.54, 1.807) is 0 Å². The van der Waals surface area contributed by atoms with E-state index in [0.29, 0.717) is 0 Å². The number of carbonyl (C=O) groups excluding carboxylic acids is 1. The van der Waals surface area contributed by atoms with Crippen molar-refractivity contribution < 1.29 is 19.4 Å². The first-order valence-corrected chi connectivity index (χ1v) is 4.92. The number of amides is 1. The topological polar surface area (TPSA) is 101 Å². The van der Waals surface area contributed by atoms with Crippen LogP contribution in [0.1, 0.15) is 10.5 Å². The number of halogens is 1. The number of carboxylic acids is 1. The van der Waals surface area contributed by atoms with Crippen molar-refractivity contribution in [1.82, 2.24) is 15.3 Å². The first-order chi connectivity index (χ1) is 8.04. The summed E-state index contributed by atoms with van der Waals surface area (Å²) >= 11 is 5.50. The fourth-order valence-electron chi connectivity index (χ4n) is 1.00. The Morgan fingerprint density at radius 3 is 2.71 bits per heavy atom. The van der Waals surface area contributed by atoms with Gasteiger partial charge in [-0.1, -0.05) is 11.6 Å². The number of hydrogen-bond acceptors (Lipinski definition) is 5. The van der Waals surface area contributed by atoms with Crippen molar-refractivity contribution >= 4 is 23.5 Å². The molecule has 0 spiro atoms. The zero-order valence-corrected chi connectivity index (χ0v) is 9.64. The highest BCUT2D eigenvalue weighted by Gasteiger charge is 2.21. The van der Waals surface area contributed by atoms with Crippen LogP contribution in [0.4, 0.5) is 0 Å². The second-order valence-electron chi connectivity index (χ2n) is 3.04. The number of rotatable bonds is 5. The molecule has 0 aliphatic rings. The van der Waals surface area contributed by atoms with Crippen molar-refractivity contribution in [2.24, 2.45) is 0 Å². The molecule has 1 unspecified atom stereocenters. The lowest BCUT2D eigenvalue weighted by molar-refractivity contribution is -0.140. The SMILES string of the molecule is COCC(NC(=O)c1cnc(Cl)cn1)C(=O)O. The zero-order valence-electron chi connectivity index (χ0n) is 8.88. The van der Waals surface area contributed by atoms with Crippen LogP contribution >= 0.6 is 11.6 Å². The maximum atomic E-state index is 11.6. The molecule has 1 amide bonds. The van der Waals surface area contributed by atoms with E-state index in [0.717, 1.165) is 6.20 Å². The van der Waals surface area contributed by atoms with E-state index < -0.39 is 17.9 Å². The molecule has 0 aromatic carbocycles. The largest absolute Gasteiger partial charge is 0.480 e. The van der Waals surface area contributed by atoms with Gasteiger partial charge in [-0.05, 0) is 0 Å². The Bertz CT molecular complexity index is 409. The highest BCUT2D eigenvalue weighted by atomic mass is 35.5. The van der Waals surface area contributed by atoms with Crippen LogP contribution in [0.2, 0.25) is 5.15 Å². The summed E-state index contributed by atoms with van der Waals surface area (Å²) in [6, 6.07) is -1.13. The van der Waals surface area contributed by atoms with Crippen molar-refractivity contribution in [1.29, 1.82) is 0 Å². The second kappa shape index (κ2) is 6.12. The van der Waals surface area contributed by atoms with Crippen molar-refractivity contribution in [3.05, 3.63) is 23.2 Å². The van der Waals surface area contributed by atoms with Gasteiger partial charge in [-0.2, -0.15) is 0 Å². The predicted octanol–water partition coefficient (Wildman–Crippen LogP) is -0.0406. The van der Waals surface area contributed by atoms with Gasteiger partial charge in [0.15, 0.2) is 6.04 Å². The molecule has 1 atom stereocenters. The normalized spacial score (nSPS) is 11.9. The van der Waals surface area contributed by atoms with E-state index in [2.05, 4.69) is 20.0 Å². The number of hydrogen-bond donors (Lipinski definition) is 2. The average Bonchev–Trinajstić information content (AvgIpc) is 2.29. The molecule has 2 N–H and O–H groups in total. The van der Waals surface area contributed by atoms with Crippen LogP contribution in [-0.4, -0.2) is 46.7 Å². The molecule has 0 aliphatic carbocycles. The molecule has 0 fully saturated rings. The minimum atomic E-state index is -1.19. The highest BCUT2D eigenvalue weighted by Crippen LogP contribution is 2.01. The summed E-state index contributed by atoms with van der Waals surface area (Å²) in [6.45, 7) is -0.137. The van der Waals surface area contributed by atoms with Crippen LogP contribution in [0.25, 0.3) is 0 Å². The Morgan fingerprint density at radius 1 is 1.53 bits per heavy atom. The average molecular weight is 260 g/mol. The second-order valence-corrected chi connectivity index (χ2v) is 3.43. The number of aromatic nitrogens is 2. The molecule has 17 heavy (non-hydrogen) atoms. The van der Waals surface area contributed by atoms with Gasteiger partial charge in [0.2, 0.25) is 0 Å². The molecule has 8 heteroatoms. The third-order valence-electron chi connectivity index (χ3n) is 1.79. The molecular formula is C9H10ClN3O4. The Balaban J connectivity index is 2.70. The Labute approximate surface area is 102 Å². The lowest BCUT2D eigenvalue weighted by atomic mass is 10.3. The van der Waals surface area contributed by atoms with Gasteiger partial charge in [0.1, 0.15) is 10.8 Å². The summed E-state index contributed by atoms with van der Waals surface area (Å²) < 4.78 is 4.67. The standard InChI is InChI=1S/C9H10ClN3O4/c1-17-4-6(9(15)16)13-8(14)5-2-12-7(10)3-11-5/h2-3,6H,4H2,1H3,(H,13,14)(H,15,16).